The fourth-order valence-corrected chi connectivity index (χ4v) is 3.69. The van der Waals surface area contributed by atoms with Crippen molar-refractivity contribution in [2.45, 2.75) is 56.9 Å². The molecule has 3 rings (SSSR count). The van der Waals surface area contributed by atoms with E-state index < -0.39 is 0 Å². The number of nitrogens with two attached hydrogens (primary N) is 1. The quantitative estimate of drug-likeness (QED) is 0.238. The summed E-state index contributed by atoms with van der Waals surface area (Å²) < 4.78 is 6.04. The van der Waals surface area contributed by atoms with Gasteiger partial charge in [-0.15, -0.1) is 12.6 Å². The van der Waals surface area contributed by atoms with Crippen molar-refractivity contribution in [1.29, 1.82) is 0 Å². The van der Waals surface area contributed by atoms with Crippen LogP contribution < -0.4 is 21.3 Å². The number of rotatable bonds is 9. The van der Waals surface area contributed by atoms with E-state index in [9.17, 15) is 0 Å². The number of benzene rings is 1. The Morgan fingerprint density at radius 3 is 2.71 bits per heavy atom. The molecule has 0 aliphatic heterocycles. The van der Waals surface area contributed by atoms with Gasteiger partial charge in [-0.3, -0.25) is 9.98 Å². The highest BCUT2D eigenvalue weighted by Gasteiger charge is 2.13. The van der Waals surface area contributed by atoms with Crippen LogP contribution in [0.3, 0.4) is 0 Å². The molecule has 1 heterocycles. The van der Waals surface area contributed by atoms with Crippen molar-refractivity contribution < 1.29 is 4.74 Å². The molecule has 4 N–H and O–H groups in total. The molecule has 1 aliphatic rings. The summed E-state index contributed by atoms with van der Waals surface area (Å²) in [4.78, 5) is 9.64. The van der Waals surface area contributed by atoms with E-state index in [2.05, 4.69) is 47.3 Å². The first kappa shape index (κ1) is 23.2. The molecular weight excluding hydrogens is 406 g/mol. The number of hydrazine groups is 1. The molecule has 1 aromatic heterocycles. The smallest absolute Gasteiger partial charge is 0.131 e. The predicted octanol–water partition coefficient (Wildman–Crippen LogP) is 5.44. The lowest BCUT2D eigenvalue weighted by molar-refractivity contribution is 0.392. The zero-order chi connectivity index (χ0) is 22.1. The minimum atomic E-state index is 0.489. The maximum absolute atomic E-state index is 6.04. The lowest BCUT2D eigenvalue weighted by atomic mass is 9.96. The van der Waals surface area contributed by atoms with Gasteiger partial charge in [0.25, 0.3) is 0 Å². The zero-order valence-electron chi connectivity index (χ0n) is 18.3. The highest BCUT2D eigenvalue weighted by Crippen LogP contribution is 2.29. The van der Waals surface area contributed by atoms with Gasteiger partial charge in [0.2, 0.25) is 0 Å². The summed E-state index contributed by atoms with van der Waals surface area (Å²) in [6, 6.07) is 9.99. The Morgan fingerprint density at radius 1 is 1.23 bits per heavy atom. The van der Waals surface area contributed by atoms with Crippen molar-refractivity contribution in [2.75, 3.05) is 12.0 Å². The summed E-state index contributed by atoms with van der Waals surface area (Å²) in [5.74, 6) is 1.87. The minimum absolute atomic E-state index is 0.489. The second-order valence-electron chi connectivity index (χ2n) is 8.27. The highest BCUT2D eigenvalue weighted by atomic mass is 32.1. The van der Waals surface area contributed by atoms with Gasteiger partial charge in [-0.1, -0.05) is 33.1 Å². The number of nitrogens with one attached hydrogen (secondary N) is 2. The summed E-state index contributed by atoms with van der Waals surface area (Å²) in [6.45, 7) is 4.99. The molecule has 0 bridgehead atoms. The van der Waals surface area contributed by atoms with Crippen LogP contribution in [0.5, 0.6) is 11.5 Å². The van der Waals surface area contributed by atoms with Gasteiger partial charge in [-0.25, -0.2) is 5.43 Å². The third-order valence-electron chi connectivity index (χ3n) is 5.13. The molecule has 0 saturated heterocycles. The van der Waals surface area contributed by atoms with Crippen molar-refractivity contribution in [2.24, 2.45) is 16.6 Å². The van der Waals surface area contributed by atoms with Crippen molar-refractivity contribution in [1.82, 2.24) is 10.4 Å². The van der Waals surface area contributed by atoms with Gasteiger partial charge in [0.1, 0.15) is 11.5 Å². The SMILES string of the molecule is CC(C)CN=CC(=CN)c1cc(Oc2ccc(NNC3CCCCC3)c(S)c2)ccn1. The van der Waals surface area contributed by atoms with E-state index in [0.717, 1.165) is 22.7 Å². The predicted molar refractivity (Wildman–Crippen MR) is 132 cm³/mol. The van der Waals surface area contributed by atoms with Gasteiger partial charge in [0.15, 0.2) is 0 Å². The number of nitrogens with zero attached hydrogens (tertiary/aromatic N) is 2. The van der Waals surface area contributed by atoms with Crippen LogP contribution in [0.2, 0.25) is 0 Å². The molecule has 0 unspecified atom stereocenters. The Balaban J connectivity index is 1.63. The van der Waals surface area contributed by atoms with E-state index in [0.29, 0.717) is 29.2 Å². The Morgan fingerprint density at radius 2 is 2.00 bits per heavy atom. The Bertz CT molecular complexity index is 907. The van der Waals surface area contributed by atoms with Crippen LogP contribution >= 0.6 is 12.6 Å². The van der Waals surface area contributed by atoms with Crippen molar-refractivity contribution >= 4 is 30.1 Å². The minimum Gasteiger partial charge on any atom is -0.457 e. The van der Waals surface area contributed by atoms with Gasteiger partial charge in [0, 0.05) is 47.7 Å². The van der Waals surface area contributed by atoms with E-state index in [4.69, 9.17) is 10.5 Å². The first-order chi connectivity index (χ1) is 15.0. The summed E-state index contributed by atoms with van der Waals surface area (Å²) in [5, 5.41) is 0. The third kappa shape index (κ3) is 7.29. The maximum atomic E-state index is 6.04. The molecule has 31 heavy (non-hydrogen) atoms. The van der Waals surface area contributed by atoms with Gasteiger partial charge in [-0.05, 0) is 43.0 Å². The van der Waals surface area contributed by atoms with Crippen molar-refractivity contribution in [3.8, 4) is 11.5 Å². The number of allylic oxidation sites excluding steroid dienone is 1. The van der Waals surface area contributed by atoms with E-state index in [-0.39, 0.29) is 0 Å². The second kappa shape index (κ2) is 11.8. The fourth-order valence-electron chi connectivity index (χ4n) is 3.43. The van der Waals surface area contributed by atoms with Crippen LogP contribution in [-0.4, -0.2) is 23.8 Å². The molecule has 6 nitrogen and oxygen atoms in total. The number of anilines is 1. The summed E-state index contributed by atoms with van der Waals surface area (Å²) in [5.41, 5.74) is 14.9. The average Bonchev–Trinajstić information content (AvgIpc) is 2.77. The van der Waals surface area contributed by atoms with Crippen LogP contribution in [0.15, 0.2) is 52.6 Å². The largest absolute Gasteiger partial charge is 0.457 e. The standard InChI is InChI=1S/C24H33N5OS/c1-17(2)15-26-16-18(14-25)23-12-21(10-11-27-23)30-20-8-9-22(24(31)13-20)29-28-19-6-4-3-5-7-19/h8-14,16-17,19,28-29,31H,3-7,15,25H2,1-2H3. The molecule has 1 saturated carbocycles. The first-order valence-corrected chi connectivity index (χ1v) is 11.4. The van der Waals surface area contributed by atoms with Crippen LogP contribution in [0, 0.1) is 5.92 Å². The molecule has 2 aromatic rings. The number of ether oxygens (including phenoxy) is 1. The summed E-state index contributed by atoms with van der Waals surface area (Å²) in [7, 11) is 0. The highest BCUT2D eigenvalue weighted by molar-refractivity contribution is 7.80. The zero-order valence-corrected chi connectivity index (χ0v) is 19.2. The van der Waals surface area contributed by atoms with E-state index >= 15 is 0 Å². The number of pyridine rings is 1. The summed E-state index contributed by atoms with van der Waals surface area (Å²) >= 11 is 4.62. The Kier molecular flexibility index (Phi) is 8.79. The average molecular weight is 440 g/mol. The van der Waals surface area contributed by atoms with Gasteiger partial charge in [0.05, 0.1) is 11.4 Å². The number of aromatic nitrogens is 1. The number of aliphatic imine (C=N–C) groups is 1. The van der Waals surface area contributed by atoms with Crippen molar-refractivity contribution in [3.05, 3.63) is 48.4 Å². The lowest BCUT2D eigenvalue weighted by Gasteiger charge is -2.24. The van der Waals surface area contributed by atoms with Gasteiger partial charge in [-0.2, -0.15) is 0 Å². The number of thiol groups is 1. The van der Waals surface area contributed by atoms with E-state index in [1.165, 1.54) is 38.3 Å². The number of hydrogen-bond donors (Lipinski definition) is 4. The second-order valence-corrected chi connectivity index (χ2v) is 8.75. The molecule has 1 aromatic carbocycles. The Labute approximate surface area is 190 Å². The molecule has 0 amide bonds. The third-order valence-corrected chi connectivity index (χ3v) is 5.50. The molecular formula is C24H33N5OS. The molecule has 7 heteroatoms. The van der Waals surface area contributed by atoms with Gasteiger partial charge < -0.3 is 15.9 Å². The summed E-state index contributed by atoms with van der Waals surface area (Å²) in [6.07, 6.45) is 11.3. The molecule has 166 valence electrons. The monoisotopic (exact) mass is 439 g/mol. The van der Waals surface area contributed by atoms with Crippen LogP contribution in [0.1, 0.15) is 51.6 Å². The van der Waals surface area contributed by atoms with Crippen LogP contribution in [0.4, 0.5) is 5.69 Å². The molecule has 0 radical (unpaired) electrons. The lowest BCUT2D eigenvalue weighted by Crippen LogP contribution is -2.35. The molecule has 0 spiro atoms. The van der Waals surface area contributed by atoms with Gasteiger partial charge >= 0.3 is 0 Å². The molecule has 1 fully saturated rings. The first-order valence-electron chi connectivity index (χ1n) is 11.0. The maximum Gasteiger partial charge on any atom is 0.131 e. The normalized spacial score (nSPS) is 15.5. The van der Waals surface area contributed by atoms with E-state index in [1.54, 1.807) is 12.4 Å². The number of hydrogen-bond acceptors (Lipinski definition) is 7. The van der Waals surface area contributed by atoms with Crippen LogP contribution in [-0.2, 0) is 0 Å². The van der Waals surface area contributed by atoms with E-state index in [1.807, 2.05) is 30.3 Å². The van der Waals surface area contributed by atoms with Crippen LogP contribution in [0.25, 0.3) is 5.57 Å². The molecule has 1 aliphatic carbocycles. The van der Waals surface area contributed by atoms with Crippen molar-refractivity contribution in [3.63, 3.8) is 0 Å². The molecule has 0 atom stereocenters. The topological polar surface area (TPSA) is 84.6 Å². The Hall–Kier alpha value is -2.51. The fraction of sp³-hybridized carbons (Fsp3) is 0.417.